The van der Waals surface area contributed by atoms with Gasteiger partial charge in [0.2, 0.25) is 5.91 Å². The number of amides is 1. The molecule has 3 nitrogen and oxygen atoms in total. The SMILES string of the molecule is CCC(C)[C@H](N)C(=O)NCC1(CC)CC1. The fourth-order valence-corrected chi connectivity index (χ4v) is 1.74. The second kappa shape index (κ2) is 4.97. The first-order valence-electron chi connectivity index (χ1n) is 6.08. The highest BCUT2D eigenvalue weighted by Crippen LogP contribution is 2.47. The van der Waals surface area contributed by atoms with Gasteiger partial charge in [-0.25, -0.2) is 0 Å². The van der Waals surface area contributed by atoms with Gasteiger partial charge in [0.15, 0.2) is 0 Å². The largest absolute Gasteiger partial charge is 0.354 e. The van der Waals surface area contributed by atoms with Crippen LogP contribution in [0.2, 0.25) is 0 Å². The topological polar surface area (TPSA) is 55.1 Å². The first-order chi connectivity index (χ1) is 7.04. The normalized spacial score (nSPS) is 21.9. The highest BCUT2D eigenvalue weighted by Gasteiger charge is 2.40. The molecule has 0 aromatic rings. The molecule has 1 saturated carbocycles. The Labute approximate surface area is 92.8 Å². The molecule has 1 aliphatic carbocycles. The van der Waals surface area contributed by atoms with E-state index in [1.807, 2.05) is 6.92 Å². The molecule has 1 aliphatic rings. The number of hydrogen-bond donors (Lipinski definition) is 2. The molecule has 0 aliphatic heterocycles. The summed E-state index contributed by atoms with van der Waals surface area (Å²) in [5.41, 5.74) is 6.26. The van der Waals surface area contributed by atoms with Gasteiger partial charge in [-0.2, -0.15) is 0 Å². The minimum absolute atomic E-state index is 0.0177. The molecule has 0 spiro atoms. The Balaban J connectivity index is 2.29. The molecule has 1 unspecified atom stereocenters. The van der Waals surface area contributed by atoms with Gasteiger partial charge in [0.1, 0.15) is 0 Å². The Morgan fingerprint density at radius 3 is 2.47 bits per heavy atom. The quantitative estimate of drug-likeness (QED) is 0.703. The summed E-state index contributed by atoms with van der Waals surface area (Å²) < 4.78 is 0. The fourth-order valence-electron chi connectivity index (χ4n) is 1.74. The van der Waals surface area contributed by atoms with Crippen LogP contribution in [-0.4, -0.2) is 18.5 Å². The number of nitrogens with two attached hydrogens (primary N) is 1. The van der Waals surface area contributed by atoms with E-state index in [1.165, 1.54) is 12.8 Å². The van der Waals surface area contributed by atoms with Gasteiger partial charge in [-0.15, -0.1) is 0 Å². The third-order valence-corrected chi connectivity index (χ3v) is 3.90. The molecule has 2 atom stereocenters. The molecule has 1 rings (SSSR count). The third kappa shape index (κ3) is 3.20. The molecule has 88 valence electrons. The van der Waals surface area contributed by atoms with Gasteiger partial charge in [-0.3, -0.25) is 4.79 Å². The number of nitrogens with one attached hydrogen (secondary N) is 1. The van der Waals surface area contributed by atoms with E-state index >= 15 is 0 Å². The average Bonchev–Trinajstić information content (AvgIpc) is 3.04. The molecule has 15 heavy (non-hydrogen) atoms. The van der Waals surface area contributed by atoms with Crippen molar-refractivity contribution in [3.05, 3.63) is 0 Å². The van der Waals surface area contributed by atoms with E-state index in [1.54, 1.807) is 0 Å². The first-order valence-corrected chi connectivity index (χ1v) is 6.08. The molecule has 0 aromatic heterocycles. The summed E-state index contributed by atoms with van der Waals surface area (Å²) in [4.78, 5) is 11.7. The van der Waals surface area contributed by atoms with Gasteiger partial charge in [0, 0.05) is 6.54 Å². The Morgan fingerprint density at radius 2 is 2.07 bits per heavy atom. The lowest BCUT2D eigenvalue weighted by Gasteiger charge is -2.20. The van der Waals surface area contributed by atoms with Crippen LogP contribution in [0.4, 0.5) is 0 Å². The molecular formula is C12H24N2O. The van der Waals surface area contributed by atoms with Crippen LogP contribution in [0.5, 0.6) is 0 Å². The predicted octanol–water partition coefficient (Wildman–Crippen LogP) is 1.67. The molecule has 3 N–H and O–H groups in total. The second-order valence-electron chi connectivity index (χ2n) is 4.98. The molecule has 0 aromatic carbocycles. The van der Waals surface area contributed by atoms with Crippen LogP contribution < -0.4 is 11.1 Å². The summed E-state index contributed by atoms with van der Waals surface area (Å²) in [5, 5.41) is 2.99. The molecule has 3 heteroatoms. The molecule has 0 radical (unpaired) electrons. The van der Waals surface area contributed by atoms with Crippen molar-refractivity contribution in [1.82, 2.24) is 5.32 Å². The van der Waals surface area contributed by atoms with Crippen molar-refractivity contribution in [2.24, 2.45) is 17.1 Å². The second-order valence-corrected chi connectivity index (χ2v) is 4.98. The molecule has 1 fully saturated rings. The van der Waals surface area contributed by atoms with Crippen molar-refractivity contribution in [2.75, 3.05) is 6.54 Å². The van der Waals surface area contributed by atoms with Gasteiger partial charge in [0.05, 0.1) is 6.04 Å². The zero-order valence-corrected chi connectivity index (χ0v) is 10.2. The lowest BCUT2D eigenvalue weighted by atomic mass is 9.98. The number of hydrogen-bond acceptors (Lipinski definition) is 2. The highest BCUT2D eigenvalue weighted by atomic mass is 16.2. The molecular weight excluding hydrogens is 188 g/mol. The van der Waals surface area contributed by atoms with Gasteiger partial charge >= 0.3 is 0 Å². The van der Waals surface area contributed by atoms with Crippen LogP contribution >= 0.6 is 0 Å². The summed E-state index contributed by atoms with van der Waals surface area (Å²) >= 11 is 0. The molecule has 0 heterocycles. The van der Waals surface area contributed by atoms with Gasteiger partial charge in [-0.05, 0) is 30.6 Å². The monoisotopic (exact) mass is 212 g/mol. The molecule has 0 saturated heterocycles. The summed E-state index contributed by atoms with van der Waals surface area (Å²) in [6, 6.07) is -0.345. The van der Waals surface area contributed by atoms with Gasteiger partial charge in [-0.1, -0.05) is 27.2 Å². The maximum absolute atomic E-state index is 11.7. The van der Waals surface area contributed by atoms with Gasteiger partial charge < -0.3 is 11.1 Å². The lowest BCUT2D eigenvalue weighted by Crippen LogP contribution is -2.46. The van der Waals surface area contributed by atoms with Crippen molar-refractivity contribution < 1.29 is 4.79 Å². The molecule has 0 bridgehead atoms. The lowest BCUT2D eigenvalue weighted by molar-refractivity contribution is -0.123. The standard InChI is InChI=1S/C12H24N2O/c1-4-9(3)10(13)11(15)14-8-12(5-2)6-7-12/h9-10H,4-8,13H2,1-3H3,(H,14,15)/t9?,10-/m0/s1. The van der Waals surface area contributed by atoms with Crippen molar-refractivity contribution in [3.63, 3.8) is 0 Å². The summed E-state index contributed by atoms with van der Waals surface area (Å²) in [6.45, 7) is 7.09. The van der Waals surface area contributed by atoms with Crippen LogP contribution in [0, 0.1) is 11.3 Å². The smallest absolute Gasteiger partial charge is 0.237 e. The maximum Gasteiger partial charge on any atom is 0.237 e. The van der Waals surface area contributed by atoms with Crippen molar-refractivity contribution in [1.29, 1.82) is 0 Å². The van der Waals surface area contributed by atoms with Gasteiger partial charge in [0.25, 0.3) is 0 Å². The van der Waals surface area contributed by atoms with Crippen LogP contribution in [0.25, 0.3) is 0 Å². The zero-order valence-electron chi connectivity index (χ0n) is 10.2. The summed E-state index contributed by atoms with van der Waals surface area (Å²) in [5.74, 6) is 0.283. The van der Waals surface area contributed by atoms with E-state index in [0.717, 1.165) is 19.4 Å². The van der Waals surface area contributed by atoms with E-state index in [2.05, 4.69) is 19.2 Å². The van der Waals surface area contributed by atoms with Crippen LogP contribution in [0.15, 0.2) is 0 Å². The average molecular weight is 212 g/mol. The Morgan fingerprint density at radius 1 is 1.47 bits per heavy atom. The van der Waals surface area contributed by atoms with Crippen LogP contribution in [0.1, 0.15) is 46.5 Å². The number of rotatable bonds is 6. The first kappa shape index (κ1) is 12.5. The van der Waals surface area contributed by atoms with E-state index in [-0.39, 0.29) is 17.9 Å². The highest BCUT2D eigenvalue weighted by molar-refractivity contribution is 5.81. The maximum atomic E-state index is 11.7. The van der Waals surface area contributed by atoms with E-state index in [4.69, 9.17) is 5.73 Å². The third-order valence-electron chi connectivity index (χ3n) is 3.90. The predicted molar refractivity (Wildman–Crippen MR) is 62.4 cm³/mol. The van der Waals surface area contributed by atoms with E-state index < -0.39 is 0 Å². The van der Waals surface area contributed by atoms with Crippen LogP contribution in [0.3, 0.4) is 0 Å². The van der Waals surface area contributed by atoms with Crippen molar-refractivity contribution in [2.45, 2.75) is 52.5 Å². The minimum atomic E-state index is -0.345. The fraction of sp³-hybridized carbons (Fsp3) is 0.917. The minimum Gasteiger partial charge on any atom is -0.354 e. The van der Waals surface area contributed by atoms with E-state index in [9.17, 15) is 4.79 Å². The summed E-state index contributed by atoms with van der Waals surface area (Å²) in [7, 11) is 0. The summed E-state index contributed by atoms with van der Waals surface area (Å²) in [6.07, 6.45) is 4.62. The van der Waals surface area contributed by atoms with Crippen LogP contribution in [-0.2, 0) is 4.79 Å². The Hall–Kier alpha value is -0.570. The zero-order chi connectivity index (χ0) is 11.5. The van der Waals surface area contributed by atoms with Crippen molar-refractivity contribution >= 4 is 5.91 Å². The van der Waals surface area contributed by atoms with E-state index in [0.29, 0.717) is 5.41 Å². The number of carbonyl (C=O) groups is 1. The van der Waals surface area contributed by atoms with Crippen molar-refractivity contribution in [3.8, 4) is 0 Å². The molecule has 1 amide bonds. The Bertz CT molecular complexity index is 224. The number of carbonyl (C=O) groups excluding carboxylic acids is 1. The Kier molecular flexibility index (Phi) is 4.14.